The van der Waals surface area contributed by atoms with Crippen molar-refractivity contribution >= 4 is 5.97 Å². The van der Waals surface area contributed by atoms with Crippen LogP contribution in [0, 0.1) is 13.8 Å². The predicted molar refractivity (Wildman–Crippen MR) is 85.6 cm³/mol. The van der Waals surface area contributed by atoms with Gasteiger partial charge in [0.2, 0.25) is 0 Å². The molecule has 2 aromatic carbocycles. The first kappa shape index (κ1) is 14.6. The van der Waals surface area contributed by atoms with Gasteiger partial charge in [-0.3, -0.25) is 4.79 Å². The zero-order valence-corrected chi connectivity index (χ0v) is 13.2. The van der Waals surface area contributed by atoms with Crippen LogP contribution in [0.4, 0.5) is 0 Å². The van der Waals surface area contributed by atoms with E-state index >= 15 is 0 Å². The van der Waals surface area contributed by atoms with Gasteiger partial charge in [-0.25, -0.2) is 0 Å². The molecule has 0 radical (unpaired) electrons. The number of hydrogen-bond donors (Lipinski definition) is 0. The molecule has 0 aromatic heterocycles. The number of fused-ring (bicyclic) bond motifs is 2. The van der Waals surface area contributed by atoms with Gasteiger partial charge in [0.1, 0.15) is 11.5 Å². The van der Waals surface area contributed by atoms with Crippen molar-refractivity contribution in [2.75, 3.05) is 6.61 Å². The molecule has 2 aromatic rings. The van der Waals surface area contributed by atoms with Crippen LogP contribution in [0.25, 0.3) is 0 Å². The molecule has 1 heterocycles. The van der Waals surface area contributed by atoms with Crippen LogP contribution < -0.4 is 4.74 Å². The highest BCUT2D eigenvalue weighted by Gasteiger charge is 2.22. The van der Waals surface area contributed by atoms with Crippen molar-refractivity contribution in [3.05, 3.63) is 58.1 Å². The Kier molecular flexibility index (Phi) is 3.88. The molecular formula is C19H20O3. The van der Waals surface area contributed by atoms with Crippen LogP contribution in [-0.2, 0) is 22.4 Å². The van der Waals surface area contributed by atoms with E-state index in [0.717, 1.165) is 34.6 Å². The highest BCUT2D eigenvalue weighted by atomic mass is 16.5. The Hall–Kier alpha value is -2.29. The molecule has 0 saturated heterocycles. The minimum Gasteiger partial charge on any atom is -0.466 e. The van der Waals surface area contributed by atoms with Crippen LogP contribution >= 0.6 is 0 Å². The lowest BCUT2D eigenvalue weighted by molar-refractivity contribution is -0.142. The third kappa shape index (κ3) is 2.59. The number of carbonyl (C=O) groups is 1. The average molecular weight is 296 g/mol. The molecule has 22 heavy (non-hydrogen) atoms. The lowest BCUT2D eigenvalue weighted by Gasteiger charge is -2.24. The predicted octanol–water partition coefficient (Wildman–Crippen LogP) is 4.11. The SMILES string of the molecule is CCOC(=O)Cc1cccc2c1Oc1c(ccc(C)c1C)C2. The zero-order valence-electron chi connectivity index (χ0n) is 13.2. The van der Waals surface area contributed by atoms with Crippen LogP contribution in [0.5, 0.6) is 11.5 Å². The summed E-state index contributed by atoms with van der Waals surface area (Å²) in [6.07, 6.45) is 1.08. The van der Waals surface area contributed by atoms with E-state index in [1.807, 2.05) is 19.1 Å². The molecule has 0 bridgehead atoms. The highest BCUT2D eigenvalue weighted by Crippen LogP contribution is 2.41. The van der Waals surface area contributed by atoms with Crippen molar-refractivity contribution < 1.29 is 14.3 Å². The molecule has 0 atom stereocenters. The largest absolute Gasteiger partial charge is 0.466 e. The number of para-hydroxylation sites is 1. The monoisotopic (exact) mass is 296 g/mol. The molecule has 1 aliphatic heterocycles. The van der Waals surface area contributed by atoms with Gasteiger partial charge in [-0.05, 0) is 43.0 Å². The number of carbonyl (C=O) groups excluding carboxylic acids is 1. The number of hydrogen-bond acceptors (Lipinski definition) is 3. The van der Waals surface area contributed by atoms with Crippen molar-refractivity contribution in [2.24, 2.45) is 0 Å². The lowest BCUT2D eigenvalue weighted by Crippen LogP contribution is -2.12. The van der Waals surface area contributed by atoms with Crippen LogP contribution in [-0.4, -0.2) is 12.6 Å². The van der Waals surface area contributed by atoms with Gasteiger partial charge in [0, 0.05) is 12.0 Å². The summed E-state index contributed by atoms with van der Waals surface area (Å²) in [7, 11) is 0. The van der Waals surface area contributed by atoms with Crippen LogP contribution in [0.3, 0.4) is 0 Å². The number of aryl methyl sites for hydroxylation is 1. The van der Waals surface area contributed by atoms with Gasteiger partial charge in [0.25, 0.3) is 0 Å². The molecule has 0 fully saturated rings. The third-order valence-corrected chi connectivity index (χ3v) is 4.16. The molecule has 3 heteroatoms. The van der Waals surface area contributed by atoms with E-state index in [-0.39, 0.29) is 12.4 Å². The summed E-state index contributed by atoms with van der Waals surface area (Å²) in [5.74, 6) is 1.53. The fourth-order valence-corrected chi connectivity index (χ4v) is 2.85. The minimum absolute atomic E-state index is 0.216. The summed E-state index contributed by atoms with van der Waals surface area (Å²) in [5.41, 5.74) is 5.59. The molecule has 0 spiro atoms. The van der Waals surface area contributed by atoms with Gasteiger partial charge in [0.15, 0.2) is 0 Å². The van der Waals surface area contributed by atoms with Crippen LogP contribution in [0.15, 0.2) is 30.3 Å². The summed E-state index contributed by atoms with van der Waals surface area (Å²) < 4.78 is 11.2. The first-order valence-corrected chi connectivity index (χ1v) is 7.63. The second kappa shape index (κ2) is 5.84. The Morgan fingerprint density at radius 1 is 1.14 bits per heavy atom. The van der Waals surface area contributed by atoms with Crippen molar-refractivity contribution in [1.82, 2.24) is 0 Å². The first-order valence-electron chi connectivity index (χ1n) is 7.63. The number of benzene rings is 2. The van der Waals surface area contributed by atoms with E-state index in [1.54, 1.807) is 0 Å². The summed E-state index contributed by atoms with van der Waals surface area (Å²) >= 11 is 0. The summed E-state index contributed by atoms with van der Waals surface area (Å²) in [5, 5.41) is 0. The minimum atomic E-state index is -0.216. The lowest BCUT2D eigenvalue weighted by atomic mass is 9.94. The van der Waals surface area contributed by atoms with Gasteiger partial charge >= 0.3 is 5.97 Å². The van der Waals surface area contributed by atoms with Gasteiger partial charge < -0.3 is 9.47 Å². The molecule has 114 valence electrons. The smallest absolute Gasteiger partial charge is 0.310 e. The Morgan fingerprint density at radius 3 is 2.68 bits per heavy atom. The van der Waals surface area contributed by atoms with Crippen molar-refractivity contribution in [2.45, 2.75) is 33.6 Å². The molecule has 3 nitrogen and oxygen atoms in total. The molecule has 0 saturated carbocycles. The number of rotatable bonds is 3. The topological polar surface area (TPSA) is 35.5 Å². The summed E-state index contributed by atoms with van der Waals surface area (Å²) in [4.78, 5) is 11.8. The molecular weight excluding hydrogens is 276 g/mol. The maximum atomic E-state index is 11.8. The van der Waals surface area contributed by atoms with Crippen LogP contribution in [0.2, 0.25) is 0 Å². The maximum absolute atomic E-state index is 11.8. The fourth-order valence-electron chi connectivity index (χ4n) is 2.85. The molecule has 0 unspecified atom stereocenters. The number of esters is 1. The Morgan fingerprint density at radius 2 is 1.91 bits per heavy atom. The van der Waals surface area contributed by atoms with Crippen molar-refractivity contribution in [1.29, 1.82) is 0 Å². The van der Waals surface area contributed by atoms with Crippen molar-refractivity contribution in [3.8, 4) is 11.5 Å². The van der Waals surface area contributed by atoms with Gasteiger partial charge in [0.05, 0.1) is 13.0 Å². The van der Waals surface area contributed by atoms with Gasteiger partial charge in [-0.2, -0.15) is 0 Å². The van der Waals surface area contributed by atoms with Gasteiger partial charge in [-0.15, -0.1) is 0 Å². The second-order valence-electron chi connectivity index (χ2n) is 5.66. The summed E-state index contributed by atoms with van der Waals surface area (Å²) in [6, 6.07) is 10.2. The van der Waals surface area contributed by atoms with Gasteiger partial charge in [-0.1, -0.05) is 30.3 Å². The molecule has 3 rings (SSSR count). The molecule has 0 N–H and O–H groups in total. The third-order valence-electron chi connectivity index (χ3n) is 4.16. The second-order valence-corrected chi connectivity index (χ2v) is 5.66. The Bertz CT molecular complexity index is 732. The molecule has 0 aliphatic carbocycles. The van der Waals surface area contributed by atoms with Crippen LogP contribution in [0.1, 0.15) is 34.7 Å². The average Bonchev–Trinajstić information content (AvgIpc) is 2.50. The van der Waals surface area contributed by atoms with E-state index in [4.69, 9.17) is 9.47 Å². The van der Waals surface area contributed by atoms with E-state index < -0.39 is 0 Å². The quantitative estimate of drug-likeness (QED) is 0.682. The fraction of sp³-hybridized carbons (Fsp3) is 0.316. The normalized spacial score (nSPS) is 12.1. The van der Waals surface area contributed by atoms with E-state index in [2.05, 4.69) is 32.0 Å². The Labute approximate surface area is 130 Å². The van der Waals surface area contributed by atoms with E-state index in [1.165, 1.54) is 11.1 Å². The highest BCUT2D eigenvalue weighted by molar-refractivity contribution is 5.74. The maximum Gasteiger partial charge on any atom is 0.310 e. The van der Waals surface area contributed by atoms with E-state index in [0.29, 0.717) is 6.61 Å². The van der Waals surface area contributed by atoms with E-state index in [9.17, 15) is 4.79 Å². The van der Waals surface area contributed by atoms with Crippen molar-refractivity contribution in [3.63, 3.8) is 0 Å². The summed E-state index contributed by atoms with van der Waals surface area (Å²) in [6.45, 7) is 6.37. The zero-order chi connectivity index (χ0) is 15.7. The first-order chi connectivity index (χ1) is 10.6. The Balaban J connectivity index is 1.98. The molecule has 1 aliphatic rings. The molecule has 0 amide bonds. The standard InChI is InChI=1S/C19H20O3/c1-4-21-17(20)11-15-7-5-6-14-10-16-9-8-12(2)13(3)18(16)22-19(14)15/h5-9H,4,10-11H2,1-3H3. The number of ether oxygens (including phenoxy) is 2.